The van der Waals surface area contributed by atoms with Gasteiger partial charge in [-0.25, -0.2) is 0 Å². The lowest BCUT2D eigenvalue weighted by Gasteiger charge is -2.27. The van der Waals surface area contributed by atoms with Crippen LogP contribution in [0.25, 0.3) is 0 Å². The van der Waals surface area contributed by atoms with E-state index in [9.17, 15) is 0 Å². The van der Waals surface area contributed by atoms with Crippen LogP contribution in [0.3, 0.4) is 0 Å². The molecule has 2 heterocycles. The van der Waals surface area contributed by atoms with Crippen molar-refractivity contribution in [3.05, 3.63) is 22.4 Å². The summed E-state index contributed by atoms with van der Waals surface area (Å²) in [5, 5.41) is 3.47. The van der Waals surface area contributed by atoms with E-state index in [4.69, 9.17) is 4.74 Å². The van der Waals surface area contributed by atoms with Crippen molar-refractivity contribution in [3.8, 4) is 0 Å². The van der Waals surface area contributed by atoms with Gasteiger partial charge in [0, 0.05) is 56.1 Å². The molecular formula is C15H26BrIN4O. The Bertz CT molecular complexity index is 512. The summed E-state index contributed by atoms with van der Waals surface area (Å²) in [5.74, 6) is 0.917. The van der Waals surface area contributed by atoms with Crippen molar-refractivity contribution in [1.82, 2.24) is 14.8 Å². The van der Waals surface area contributed by atoms with Crippen molar-refractivity contribution in [1.29, 1.82) is 0 Å². The minimum atomic E-state index is 0. The van der Waals surface area contributed by atoms with Crippen LogP contribution in [0.1, 0.15) is 19.0 Å². The number of rotatable bonds is 4. The number of aryl methyl sites for hydroxylation is 1. The summed E-state index contributed by atoms with van der Waals surface area (Å²) in [6.45, 7) is 5.65. The average Bonchev–Trinajstić information content (AvgIpc) is 2.97. The van der Waals surface area contributed by atoms with Gasteiger partial charge in [-0.05, 0) is 28.4 Å². The molecule has 0 aliphatic carbocycles. The van der Waals surface area contributed by atoms with Gasteiger partial charge in [-0.3, -0.25) is 4.99 Å². The van der Waals surface area contributed by atoms with Gasteiger partial charge in [-0.1, -0.05) is 6.92 Å². The summed E-state index contributed by atoms with van der Waals surface area (Å²) in [7, 11) is 5.94. The minimum Gasteiger partial charge on any atom is -0.381 e. The third kappa shape index (κ3) is 5.13. The molecule has 22 heavy (non-hydrogen) atoms. The van der Waals surface area contributed by atoms with Gasteiger partial charge >= 0.3 is 0 Å². The van der Waals surface area contributed by atoms with Gasteiger partial charge in [0.25, 0.3) is 0 Å². The largest absolute Gasteiger partial charge is 0.381 e. The molecule has 1 saturated heterocycles. The Morgan fingerprint density at radius 1 is 1.59 bits per heavy atom. The van der Waals surface area contributed by atoms with E-state index in [1.54, 1.807) is 0 Å². The van der Waals surface area contributed by atoms with E-state index >= 15 is 0 Å². The monoisotopic (exact) mass is 484 g/mol. The van der Waals surface area contributed by atoms with Gasteiger partial charge in [0.05, 0.1) is 13.2 Å². The highest BCUT2D eigenvalue weighted by Gasteiger charge is 2.30. The lowest BCUT2D eigenvalue weighted by Crippen LogP contribution is -2.43. The van der Waals surface area contributed by atoms with Crippen LogP contribution in [0.15, 0.2) is 21.7 Å². The molecule has 1 aliphatic heterocycles. The van der Waals surface area contributed by atoms with E-state index in [0.29, 0.717) is 0 Å². The molecule has 7 heteroatoms. The molecule has 0 saturated carbocycles. The predicted octanol–water partition coefficient (Wildman–Crippen LogP) is 2.84. The van der Waals surface area contributed by atoms with Gasteiger partial charge in [0.2, 0.25) is 0 Å². The van der Waals surface area contributed by atoms with E-state index in [0.717, 1.165) is 43.2 Å². The number of hydrogen-bond acceptors (Lipinski definition) is 2. The predicted molar refractivity (Wildman–Crippen MR) is 105 cm³/mol. The number of halogens is 2. The van der Waals surface area contributed by atoms with Gasteiger partial charge in [-0.2, -0.15) is 0 Å². The van der Waals surface area contributed by atoms with Crippen LogP contribution in [-0.4, -0.2) is 49.3 Å². The fourth-order valence-electron chi connectivity index (χ4n) is 2.57. The zero-order valence-corrected chi connectivity index (χ0v) is 17.6. The molecular weight excluding hydrogens is 459 g/mol. The second-order valence-corrected chi connectivity index (χ2v) is 7.05. The highest BCUT2D eigenvalue weighted by Crippen LogP contribution is 2.26. The Kier molecular flexibility index (Phi) is 7.67. The van der Waals surface area contributed by atoms with Gasteiger partial charge in [-0.15, -0.1) is 24.0 Å². The van der Waals surface area contributed by atoms with Crippen LogP contribution in [-0.2, 0) is 18.3 Å². The summed E-state index contributed by atoms with van der Waals surface area (Å²) >= 11 is 3.51. The Morgan fingerprint density at radius 2 is 2.32 bits per heavy atom. The molecule has 1 atom stereocenters. The van der Waals surface area contributed by atoms with Crippen LogP contribution >= 0.6 is 39.9 Å². The average molecular weight is 485 g/mol. The van der Waals surface area contributed by atoms with Gasteiger partial charge in [0.15, 0.2) is 5.96 Å². The molecule has 1 N–H and O–H groups in total. The molecule has 1 unspecified atom stereocenters. The first-order chi connectivity index (χ1) is 9.93. The van der Waals surface area contributed by atoms with Gasteiger partial charge in [0.1, 0.15) is 0 Å². The maximum absolute atomic E-state index is 5.50. The smallest absolute Gasteiger partial charge is 0.193 e. The number of nitrogens with zero attached hydrogens (tertiary/aromatic N) is 3. The van der Waals surface area contributed by atoms with E-state index in [-0.39, 0.29) is 29.4 Å². The van der Waals surface area contributed by atoms with Crippen LogP contribution < -0.4 is 5.32 Å². The maximum atomic E-state index is 5.50. The van der Waals surface area contributed by atoms with Crippen molar-refractivity contribution < 1.29 is 4.74 Å². The van der Waals surface area contributed by atoms with Crippen molar-refractivity contribution >= 4 is 45.9 Å². The first-order valence-corrected chi connectivity index (χ1v) is 8.03. The third-order valence-corrected chi connectivity index (χ3v) is 4.45. The fraction of sp³-hybridized carbons (Fsp3) is 0.667. The first kappa shape index (κ1) is 19.8. The molecule has 0 amide bonds. The van der Waals surface area contributed by atoms with Crippen LogP contribution in [0.4, 0.5) is 0 Å². The van der Waals surface area contributed by atoms with Crippen molar-refractivity contribution in [2.24, 2.45) is 17.5 Å². The van der Waals surface area contributed by atoms with Crippen molar-refractivity contribution in [3.63, 3.8) is 0 Å². The molecule has 0 aromatic carbocycles. The Balaban J connectivity index is 0.00000242. The van der Waals surface area contributed by atoms with E-state index in [2.05, 4.69) is 69.0 Å². The third-order valence-electron chi connectivity index (χ3n) is 4.02. The van der Waals surface area contributed by atoms with E-state index in [1.165, 1.54) is 5.69 Å². The summed E-state index contributed by atoms with van der Waals surface area (Å²) in [6.07, 6.45) is 3.17. The molecule has 5 nitrogen and oxygen atoms in total. The molecule has 1 aliphatic rings. The number of ether oxygens (including phenoxy) is 1. The lowest BCUT2D eigenvalue weighted by molar-refractivity contribution is 0.160. The van der Waals surface area contributed by atoms with Crippen LogP contribution in [0, 0.1) is 5.41 Å². The quantitative estimate of drug-likeness (QED) is 0.406. The lowest BCUT2D eigenvalue weighted by atomic mass is 9.90. The maximum Gasteiger partial charge on any atom is 0.193 e. The molecule has 0 spiro atoms. The molecule has 126 valence electrons. The highest BCUT2D eigenvalue weighted by molar-refractivity contribution is 14.0. The molecule has 0 bridgehead atoms. The molecule has 2 rings (SSSR count). The summed E-state index contributed by atoms with van der Waals surface area (Å²) in [4.78, 5) is 6.52. The zero-order valence-electron chi connectivity index (χ0n) is 13.7. The summed E-state index contributed by atoms with van der Waals surface area (Å²) < 4.78 is 8.73. The number of hydrogen-bond donors (Lipinski definition) is 1. The second kappa shape index (κ2) is 8.54. The van der Waals surface area contributed by atoms with E-state index in [1.807, 2.05) is 7.05 Å². The zero-order chi connectivity index (χ0) is 15.5. The summed E-state index contributed by atoms with van der Waals surface area (Å²) in [6, 6.07) is 2.13. The first-order valence-electron chi connectivity index (χ1n) is 7.24. The Hall–Kier alpha value is -0.280. The SMILES string of the molecule is CN=C(NCC1(C)CCOC1)N(C)Cc1cc(Br)cn1C.I. The fourth-order valence-corrected chi connectivity index (χ4v) is 3.14. The Labute approximate surface area is 158 Å². The van der Waals surface area contributed by atoms with Crippen molar-refractivity contribution in [2.45, 2.75) is 19.9 Å². The normalized spacial score (nSPS) is 21.6. The number of aromatic nitrogens is 1. The standard InChI is InChI=1S/C15H25BrN4O.HI/c1-15(5-6-21-11-15)10-18-14(17-2)20(4)9-13-7-12(16)8-19(13)3;/h7-8H,5-6,9-11H2,1-4H3,(H,17,18);1H. The number of aliphatic imine (C=N–C) groups is 1. The molecule has 1 fully saturated rings. The van der Waals surface area contributed by atoms with Crippen LogP contribution in [0.5, 0.6) is 0 Å². The number of guanidine groups is 1. The topological polar surface area (TPSA) is 41.8 Å². The minimum absolute atomic E-state index is 0. The second-order valence-electron chi connectivity index (χ2n) is 6.13. The highest BCUT2D eigenvalue weighted by atomic mass is 127. The van der Waals surface area contributed by atoms with Gasteiger partial charge < -0.3 is 19.5 Å². The molecule has 1 aromatic heterocycles. The summed E-state index contributed by atoms with van der Waals surface area (Å²) in [5.41, 5.74) is 1.45. The number of nitrogens with one attached hydrogen (secondary N) is 1. The van der Waals surface area contributed by atoms with Crippen LogP contribution in [0.2, 0.25) is 0 Å². The molecule has 1 aromatic rings. The molecule has 0 radical (unpaired) electrons. The van der Waals surface area contributed by atoms with Crippen molar-refractivity contribution in [2.75, 3.05) is 33.9 Å². The van der Waals surface area contributed by atoms with E-state index < -0.39 is 0 Å². The Morgan fingerprint density at radius 3 is 2.82 bits per heavy atom.